The normalized spacial score (nSPS) is 15.8. The predicted octanol–water partition coefficient (Wildman–Crippen LogP) is 7.01. The molecule has 3 aromatic rings. The lowest BCUT2D eigenvalue weighted by molar-refractivity contribution is -0.115. The fraction of sp³-hybridized carbons (Fsp3) is 0.240. The van der Waals surface area contributed by atoms with Crippen LogP contribution in [0.25, 0.3) is 0 Å². The van der Waals surface area contributed by atoms with Crippen molar-refractivity contribution in [2.75, 3.05) is 17.3 Å². The number of aryl methyl sites for hydroxylation is 1. The van der Waals surface area contributed by atoms with Gasteiger partial charge in [-0.2, -0.15) is 0 Å². The lowest BCUT2D eigenvalue weighted by atomic mass is 10.1. The minimum atomic E-state index is -0.137. The number of hydrogen-bond acceptors (Lipinski definition) is 4. The summed E-state index contributed by atoms with van der Waals surface area (Å²) in [5, 5.41) is 0.510. The lowest BCUT2D eigenvalue weighted by Gasteiger charge is -2.25. The Labute approximate surface area is 211 Å². The molecule has 0 aliphatic carbocycles. The summed E-state index contributed by atoms with van der Waals surface area (Å²) in [6, 6.07) is 19.7. The van der Waals surface area contributed by atoms with E-state index in [1.54, 1.807) is 11.8 Å². The zero-order valence-electron chi connectivity index (χ0n) is 17.8. The van der Waals surface area contributed by atoms with Crippen molar-refractivity contribution in [2.24, 2.45) is 0 Å². The fourth-order valence-corrected chi connectivity index (χ4v) is 5.59. The number of carbonyl (C=O) groups is 1. The number of anilines is 1. The van der Waals surface area contributed by atoms with Gasteiger partial charge in [-0.3, -0.25) is 9.69 Å². The van der Waals surface area contributed by atoms with Crippen LogP contribution in [0.3, 0.4) is 0 Å². The molecule has 0 spiro atoms. The third-order valence-corrected chi connectivity index (χ3v) is 7.36. The first kappa shape index (κ1) is 23.3. The molecule has 4 rings (SSSR count). The number of carbonyl (C=O) groups excluding carboxylic acids is 1. The van der Waals surface area contributed by atoms with E-state index in [2.05, 4.69) is 59.8 Å². The summed E-state index contributed by atoms with van der Waals surface area (Å²) in [4.78, 5) is 14.5. The number of thioether (sulfide) groups is 1. The van der Waals surface area contributed by atoms with E-state index in [1.165, 1.54) is 5.56 Å². The number of halogens is 2. The van der Waals surface area contributed by atoms with Crippen LogP contribution in [0.2, 0.25) is 5.02 Å². The zero-order valence-corrected chi connectivity index (χ0v) is 21.5. The highest BCUT2D eigenvalue weighted by Gasteiger charge is 2.35. The van der Waals surface area contributed by atoms with Crippen LogP contribution in [0.4, 0.5) is 5.69 Å². The van der Waals surface area contributed by atoms with E-state index in [1.807, 2.05) is 42.2 Å². The highest BCUT2D eigenvalue weighted by atomic mass is 127. The van der Waals surface area contributed by atoms with Crippen molar-refractivity contribution < 1.29 is 14.3 Å². The number of nitrogens with zero attached hydrogens (tertiary/aromatic N) is 1. The number of amides is 1. The molecule has 0 radical (unpaired) electrons. The van der Waals surface area contributed by atoms with Gasteiger partial charge in [0, 0.05) is 10.7 Å². The molecule has 0 N–H and O–H groups in total. The first-order valence-corrected chi connectivity index (χ1v) is 12.8. The van der Waals surface area contributed by atoms with E-state index in [4.69, 9.17) is 21.1 Å². The van der Waals surface area contributed by atoms with Gasteiger partial charge in [0.05, 0.1) is 15.9 Å². The first-order chi connectivity index (χ1) is 15.5. The molecule has 0 bridgehead atoms. The van der Waals surface area contributed by atoms with Crippen LogP contribution in [-0.2, 0) is 11.4 Å². The smallest absolute Gasteiger partial charge is 0.238 e. The molecular formula is C25H23ClINO3S. The number of rotatable bonds is 7. The fourth-order valence-electron chi connectivity index (χ4n) is 3.52. The summed E-state index contributed by atoms with van der Waals surface area (Å²) < 4.78 is 13.1. The molecule has 32 heavy (non-hydrogen) atoms. The largest absolute Gasteiger partial charge is 0.490 e. The first-order valence-electron chi connectivity index (χ1n) is 10.3. The number of ether oxygens (including phenoxy) is 2. The second-order valence-corrected chi connectivity index (χ2v) is 10.1. The molecule has 0 aromatic heterocycles. The molecule has 1 atom stereocenters. The van der Waals surface area contributed by atoms with Gasteiger partial charge in [0.15, 0.2) is 11.5 Å². The summed E-state index contributed by atoms with van der Waals surface area (Å²) in [5.74, 6) is 1.93. The van der Waals surface area contributed by atoms with Crippen molar-refractivity contribution in [3.8, 4) is 11.5 Å². The van der Waals surface area contributed by atoms with Gasteiger partial charge in [0.2, 0.25) is 5.91 Å². The SMILES string of the molecule is CCOc1cc([C@H]2SCC(=O)N2c2ccc(Cl)cc2)cc(I)c1OCc1ccc(C)cc1. The van der Waals surface area contributed by atoms with Crippen LogP contribution in [0.1, 0.15) is 29.0 Å². The molecule has 1 aliphatic heterocycles. The maximum absolute atomic E-state index is 12.7. The molecule has 1 heterocycles. The number of hydrogen-bond donors (Lipinski definition) is 0. The average molecular weight is 580 g/mol. The van der Waals surface area contributed by atoms with E-state index in [9.17, 15) is 4.79 Å². The van der Waals surface area contributed by atoms with Gasteiger partial charge in [-0.25, -0.2) is 0 Å². The minimum absolute atomic E-state index is 0.0787. The Bertz CT molecular complexity index is 1110. The topological polar surface area (TPSA) is 38.8 Å². The van der Waals surface area contributed by atoms with E-state index < -0.39 is 0 Å². The van der Waals surface area contributed by atoms with Crippen LogP contribution in [-0.4, -0.2) is 18.3 Å². The van der Waals surface area contributed by atoms with E-state index >= 15 is 0 Å². The summed E-state index contributed by atoms with van der Waals surface area (Å²) in [5.41, 5.74) is 4.16. The Morgan fingerprint density at radius 1 is 1.09 bits per heavy atom. The Balaban J connectivity index is 1.63. The third kappa shape index (κ3) is 5.18. The van der Waals surface area contributed by atoms with Gasteiger partial charge in [0.25, 0.3) is 0 Å². The van der Waals surface area contributed by atoms with Gasteiger partial charge in [-0.05, 0) is 84.0 Å². The molecule has 7 heteroatoms. The Morgan fingerprint density at radius 2 is 1.81 bits per heavy atom. The molecular weight excluding hydrogens is 557 g/mol. The highest BCUT2D eigenvalue weighted by molar-refractivity contribution is 14.1. The molecule has 3 aromatic carbocycles. The van der Waals surface area contributed by atoms with Crippen LogP contribution in [0.5, 0.6) is 11.5 Å². The summed E-state index contributed by atoms with van der Waals surface area (Å²) in [6.07, 6.45) is 0. The summed E-state index contributed by atoms with van der Waals surface area (Å²) >= 11 is 9.93. The average Bonchev–Trinajstić information content (AvgIpc) is 3.16. The molecule has 1 amide bonds. The maximum Gasteiger partial charge on any atom is 0.238 e. The molecule has 1 aliphatic rings. The number of benzene rings is 3. The van der Waals surface area contributed by atoms with Crippen molar-refractivity contribution in [2.45, 2.75) is 25.8 Å². The molecule has 1 saturated heterocycles. The third-order valence-electron chi connectivity index (χ3n) is 5.09. The van der Waals surface area contributed by atoms with Gasteiger partial charge in [0.1, 0.15) is 12.0 Å². The van der Waals surface area contributed by atoms with Crippen molar-refractivity contribution in [3.05, 3.63) is 85.9 Å². The Morgan fingerprint density at radius 3 is 2.50 bits per heavy atom. The quantitative estimate of drug-likeness (QED) is 0.282. The van der Waals surface area contributed by atoms with E-state index in [0.29, 0.717) is 29.7 Å². The Hall–Kier alpha value is -1.90. The zero-order chi connectivity index (χ0) is 22.7. The molecule has 0 saturated carbocycles. The second-order valence-electron chi connectivity index (χ2n) is 7.44. The Kier molecular flexibility index (Phi) is 7.53. The molecule has 4 nitrogen and oxygen atoms in total. The molecule has 1 fully saturated rings. The standard InChI is InChI=1S/C25H23ClINO3S/c1-3-30-22-13-18(12-21(27)24(22)31-14-17-6-4-16(2)5-7-17)25-28(23(29)15-32-25)20-10-8-19(26)9-11-20/h4-13,25H,3,14-15H2,1-2H3/t25-/m1/s1. The van der Waals surface area contributed by atoms with E-state index in [-0.39, 0.29) is 11.3 Å². The lowest BCUT2D eigenvalue weighted by Crippen LogP contribution is -2.27. The summed E-state index contributed by atoms with van der Waals surface area (Å²) in [6.45, 7) is 5.01. The van der Waals surface area contributed by atoms with Gasteiger partial charge >= 0.3 is 0 Å². The predicted molar refractivity (Wildman–Crippen MR) is 140 cm³/mol. The highest BCUT2D eigenvalue weighted by Crippen LogP contribution is 2.45. The van der Waals surface area contributed by atoms with Crippen LogP contribution in [0, 0.1) is 10.5 Å². The van der Waals surface area contributed by atoms with Crippen molar-refractivity contribution in [1.29, 1.82) is 0 Å². The van der Waals surface area contributed by atoms with E-state index in [0.717, 1.165) is 26.1 Å². The van der Waals surface area contributed by atoms with Gasteiger partial charge in [-0.15, -0.1) is 11.8 Å². The van der Waals surface area contributed by atoms with Gasteiger partial charge in [-0.1, -0.05) is 41.4 Å². The summed E-state index contributed by atoms with van der Waals surface area (Å²) in [7, 11) is 0. The minimum Gasteiger partial charge on any atom is -0.490 e. The molecule has 0 unspecified atom stereocenters. The second kappa shape index (κ2) is 10.4. The van der Waals surface area contributed by atoms with Crippen LogP contribution < -0.4 is 14.4 Å². The van der Waals surface area contributed by atoms with Crippen molar-refractivity contribution in [1.82, 2.24) is 0 Å². The molecule has 166 valence electrons. The van der Waals surface area contributed by atoms with Crippen molar-refractivity contribution in [3.63, 3.8) is 0 Å². The van der Waals surface area contributed by atoms with Crippen molar-refractivity contribution >= 4 is 57.5 Å². The van der Waals surface area contributed by atoms with Crippen LogP contribution in [0.15, 0.2) is 60.7 Å². The van der Waals surface area contributed by atoms with Crippen LogP contribution >= 0.6 is 46.0 Å². The van der Waals surface area contributed by atoms with Gasteiger partial charge < -0.3 is 9.47 Å². The maximum atomic E-state index is 12.7. The monoisotopic (exact) mass is 579 g/mol.